The number of nitrogens with one attached hydrogen (secondary N) is 2. The van der Waals surface area contributed by atoms with E-state index in [-0.39, 0.29) is 5.41 Å². The van der Waals surface area contributed by atoms with Gasteiger partial charge in [-0.3, -0.25) is 0 Å². The van der Waals surface area contributed by atoms with Gasteiger partial charge in [-0.2, -0.15) is 5.26 Å². The third-order valence-corrected chi connectivity index (χ3v) is 3.86. The van der Waals surface area contributed by atoms with Gasteiger partial charge in [-0.05, 0) is 23.8 Å². The molecule has 0 aliphatic heterocycles. The standard InChI is InChI=1S/C18H18N4/c1-18(2,14-6-4-3-5-7-14)12-20-17-21-15-9-8-13(11-19)10-16(15)22-17/h3-10H,12H2,1-2H3,(H2,20,21,22). The summed E-state index contributed by atoms with van der Waals surface area (Å²) < 4.78 is 0. The molecule has 0 amide bonds. The molecule has 0 bridgehead atoms. The van der Waals surface area contributed by atoms with Crippen LogP contribution in [0.15, 0.2) is 48.5 Å². The first-order chi connectivity index (χ1) is 10.6. The highest BCUT2D eigenvalue weighted by molar-refractivity contribution is 5.78. The Morgan fingerprint density at radius 3 is 2.68 bits per heavy atom. The summed E-state index contributed by atoms with van der Waals surface area (Å²) in [4.78, 5) is 7.73. The second-order valence-corrected chi connectivity index (χ2v) is 6.03. The largest absolute Gasteiger partial charge is 0.355 e. The molecule has 110 valence electrons. The Morgan fingerprint density at radius 1 is 1.18 bits per heavy atom. The van der Waals surface area contributed by atoms with E-state index < -0.39 is 0 Å². The quantitative estimate of drug-likeness (QED) is 0.767. The van der Waals surface area contributed by atoms with Crippen molar-refractivity contribution in [2.45, 2.75) is 19.3 Å². The maximum atomic E-state index is 8.94. The maximum absolute atomic E-state index is 8.94. The Morgan fingerprint density at radius 2 is 1.95 bits per heavy atom. The van der Waals surface area contributed by atoms with E-state index in [9.17, 15) is 0 Å². The van der Waals surface area contributed by atoms with Gasteiger partial charge >= 0.3 is 0 Å². The monoisotopic (exact) mass is 290 g/mol. The average molecular weight is 290 g/mol. The van der Waals surface area contributed by atoms with E-state index in [1.165, 1.54) is 5.56 Å². The Bertz CT molecular complexity index is 825. The molecule has 2 aromatic carbocycles. The molecule has 0 saturated heterocycles. The predicted molar refractivity (Wildman–Crippen MR) is 88.8 cm³/mol. The van der Waals surface area contributed by atoms with Crippen molar-refractivity contribution in [2.24, 2.45) is 0 Å². The van der Waals surface area contributed by atoms with Gasteiger partial charge in [0.2, 0.25) is 5.95 Å². The van der Waals surface area contributed by atoms with Crippen LogP contribution in [0.4, 0.5) is 5.95 Å². The van der Waals surface area contributed by atoms with Crippen LogP contribution in [0.2, 0.25) is 0 Å². The van der Waals surface area contributed by atoms with Crippen molar-refractivity contribution in [1.82, 2.24) is 9.97 Å². The highest BCUT2D eigenvalue weighted by Crippen LogP contribution is 2.23. The molecule has 4 nitrogen and oxygen atoms in total. The number of H-pyrrole nitrogens is 1. The van der Waals surface area contributed by atoms with Crippen LogP contribution in [0.25, 0.3) is 11.0 Å². The van der Waals surface area contributed by atoms with E-state index in [2.05, 4.69) is 59.5 Å². The normalized spacial score (nSPS) is 11.3. The molecule has 3 aromatic rings. The molecule has 0 atom stereocenters. The minimum atomic E-state index is -0.00194. The van der Waals surface area contributed by atoms with Gasteiger partial charge in [-0.1, -0.05) is 44.2 Å². The van der Waals surface area contributed by atoms with Gasteiger partial charge in [-0.15, -0.1) is 0 Å². The summed E-state index contributed by atoms with van der Waals surface area (Å²) in [7, 11) is 0. The summed E-state index contributed by atoms with van der Waals surface area (Å²) in [5.74, 6) is 0.731. The zero-order chi connectivity index (χ0) is 15.6. The molecule has 4 heteroatoms. The maximum Gasteiger partial charge on any atom is 0.201 e. The van der Waals surface area contributed by atoms with Crippen LogP contribution in [-0.4, -0.2) is 16.5 Å². The molecule has 1 aromatic heterocycles. The first-order valence-electron chi connectivity index (χ1n) is 7.28. The van der Waals surface area contributed by atoms with Gasteiger partial charge in [0.15, 0.2) is 0 Å². The van der Waals surface area contributed by atoms with Crippen molar-refractivity contribution in [2.75, 3.05) is 11.9 Å². The Labute approximate surface area is 129 Å². The molecule has 22 heavy (non-hydrogen) atoms. The SMILES string of the molecule is CC(C)(CNc1nc2ccc(C#N)cc2[nH]1)c1ccccc1. The molecule has 0 unspecified atom stereocenters. The third kappa shape index (κ3) is 2.79. The Kier molecular flexibility index (Phi) is 3.56. The summed E-state index contributed by atoms with van der Waals surface area (Å²) in [6.45, 7) is 5.17. The van der Waals surface area contributed by atoms with E-state index in [4.69, 9.17) is 5.26 Å². The number of hydrogen-bond acceptors (Lipinski definition) is 3. The number of anilines is 1. The van der Waals surface area contributed by atoms with E-state index in [1.807, 2.05) is 18.2 Å². The minimum absolute atomic E-state index is 0.00194. The van der Waals surface area contributed by atoms with Crippen molar-refractivity contribution < 1.29 is 0 Å². The summed E-state index contributed by atoms with van der Waals surface area (Å²) in [5.41, 5.74) is 3.65. The van der Waals surface area contributed by atoms with E-state index in [0.29, 0.717) is 5.56 Å². The fourth-order valence-corrected chi connectivity index (χ4v) is 2.46. The van der Waals surface area contributed by atoms with Crippen molar-refractivity contribution in [3.8, 4) is 6.07 Å². The van der Waals surface area contributed by atoms with Crippen LogP contribution in [0.5, 0.6) is 0 Å². The number of imidazole rings is 1. The second-order valence-electron chi connectivity index (χ2n) is 6.03. The summed E-state index contributed by atoms with van der Waals surface area (Å²) in [6.07, 6.45) is 0. The number of benzene rings is 2. The lowest BCUT2D eigenvalue weighted by molar-refractivity contribution is 0.555. The van der Waals surface area contributed by atoms with Gasteiger partial charge in [0.05, 0.1) is 22.7 Å². The first kappa shape index (κ1) is 14.2. The van der Waals surface area contributed by atoms with Crippen molar-refractivity contribution in [3.63, 3.8) is 0 Å². The number of aromatic amines is 1. The molecule has 0 aliphatic rings. The Hall–Kier alpha value is -2.80. The van der Waals surface area contributed by atoms with Crippen LogP contribution in [-0.2, 0) is 5.41 Å². The first-order valence-corrected chi connectivity index (χ1v) is 7.28. The Balaban J connectivity index is 1.78. The van der Waals surface area contributed by atoms with Crippen molar-refractivity contribution in [1.29, 1.82) is 5.26 Å². The molecular weight excluding hydrogens is 272 g/mol. The van der Waals surface area contributed by atoms with Crippen molar-refractivity contribution in [3.05, 3.63) is 59.7 Å². The number of aromatic nitrogens is 2. The number of fused-ring (bicyclic) bond motifs is 1. The minimum Gasteiger partial charge on any atom is -0.355 e. The van der Waals surface area contributed by atoms with Gasteiger partial charge in [0.1, 0.15) is 0 Å². The number of hydrogen-bond donors (Lipinski definition) is 2. The van der Waals surface area contributed by atoms with Gasteiger partial charge in [0.25, 0.3) is 0 Å². The molecule has 1 heterocycles. The van der Waals surface area contributed by atoms with Crippen LogP contribution in [0.1, 0.15) is 25.0 Å². The molecule has 0 radical (unpaired) electrons. The predicted octanol–water partition coefficient (Wildman–Crippen LogP) is 3.82. The van der Waals surface area contributed by atoms with Gasteiger partial charge in [0, 0.05) is 12.0 Å². The molecule has 0 saturated carbocycles. The fourth-order valence-electron chi connectivity index (χ4n) is 2.46. The smallest absolute Gasteiger partial charge is 0.201 e. The third-order valence-electron chi connectivity index (χ3n) is 3.86. The lowest BCUT2D eigenvalue weighted by Gasteiger charge is -2.25. The van der Waals surface area contributed by atoms with Crippen LogP contribution in [0.3, 0.4) is 0 Å². The summed E-state index contributed by atoms with van der Waals surface area (Å²) in [5, 5.41) is 12.3. The molecule has 2 N–H and O–H groups in total. The molecule has 0 fully saturated rings. The van der Waals surface area contributed by atoms with Crippen LogP contribution in [0, 0.1) is 11.3 Å². The topological polar surface area (TPSA) is 64.5 Å². The summed E-state index contributed by atoms with van der Waals surface area (Å²) >= 11 is 0. The lowest BCUT2D eigenvalue weighted by atomic mass is 9.85. The highest BCUT2D eigenvalue weighted by Gasteiger charge is 2.20. The lowest BCUT2D eigenvalue weighted by Crippen LogP contribution is -2.27. The highest BCUT2D eigenvalue weighted by atomic mass is 15.1. The average Bonchev–Trinajstić information content (AvgIpc) is 2.96. The molecule has 0 aliphatic carbocycles. The zero-order valence-corrected chi connectivity index (χ0v) is 12.7. The van der Waals surface area contributed by atoms with Crippen LogP contribution >= 0.6 is 0 Å². The van der Waals surface area contributed by atoms with Crippen LogP contribution < -0.4 is 5.32 Å². The number of nitriles is 1. The van der Waals surface area contributed by atoms with E-state index in [1.54, 1.807) is 6.07 Å². The van der Waals surface area contributed by atoms with Gasteiger partial charge in [-0.25, -0.2) is 4.98 Å². The van der Waals surface area contributed by atoms with E-state index in [0.717, 1.165) is 23.5 Å². The van der Waals surface area contributed by atoms with Gasteiger partial charge < -0.3 is 10.3 Å². The zero-order valence-electron chi connectivity index (χ0n) is 12.7. The van der Waals surface area contributed by atoms with Crippen molar-refractivity contribution >= 4 is 17.0 Å². The number of rotatable bonds is 4. The second kappa shape index (κ2) is 5.53. The molecule has 3 rings (SSSR count). The van der Waals surface area contributed by atoms with E-state index >= 15 is 0 Å². The molecule has 0 spiro atoms. The fraction of sp³-hybridized carbons (Fsp3) is 0.222. The number of nitrogens with zero attached hydrogens (tertiary/aromatic N) is 2. The summed E-state index contributed by atoms with van der Waals surface area (Å²) in [6, 6.07) is 18.0. The molecular formula is C18H18N4.